The molecule has 0 aliphatic heterocycles. The molecule has 0 radical (unpaired) electrons. The zero-order valence-electron chi connectivity index (χ0n) is 8.79. The molecule has 1 aliphatic carbocycles. The van der Waals surface area contributed by atoms with Crippen molar-refractivity contribution < 1.29 is 9.53 Å². The third-order valence-corrected chi connectivity index (χ3v) is 2.71. The first kappa shape index (κ1) is 11.1. The van der Waals surface area contributed by atoms with E-state index in [0.29, 0.717) is 0 Å². The highest BCUT2D eigenvalue weighted by molar-refractivity contribution is 5.81. The number of esters is 1. The number of methoxy groups -OCH3 is 1. The summed E-state index contributed by atoms with van der Waals surface area (Å²) in [6, 6.07) is 0. The van der Waals surface area contributed by atoms with Gasteiger partial charge in [-0.1, -0.05) is 25.7 Å². The molecular formula is C11H19NO2. The lowest BCUT2D eigenvalue weighted by molar-refractivity contribution is -0.134. The predicted octanol–water partition coefficient (Wildman–Crippen LogP) is 1.84. The summed E-state index contributed by atoms with van der Waals surface area (Å²) in [5, 5.41) is 3.10. The molecule has 0 aromatic heterocycles. The summed E-state index contributed by atoms with van der Waals surface area (Å²) in [5.41, 5.74) is 0. The van der Waals surface area contributed by atoms with Crippen LogP contribution in [0.25, 0.3) is 0 Å². The molecule has 80 valence electrons. The van der Waals surface area contributed by atoms with E-state index in [1.165, 1.54) is 45.3 Å². The van der Waals surface area contributed by atoms with Gasteiger partial charge in [0.1, 0.15) is 0 Å². The topological polar surface area (TPSA) is 38.3 Å². The lowest BCUT2D eigenvalue weighted by atomic mass is 10.0. The zero-order valence-corrected chi connectivity index (χ0v) is 8.79. The van der Waals surface area contributed by atoms with Gasteiger partial charge in [-0.15, -0.1) is 0 Å². The third kappa shape index (κ3) is 4.30. The summed E-state index contributed by atoms with van der Waals surface area (Å²) < 4.78 is 4.46. The van der Waals surface area contributed by atoms with Gasteiger partial charge in [-0.3, -0.25) is 0 Å². The Bertz CT molecular complexity index is 195. The smallest absolute Gasteiger partial charge is 0.331 e. The Kier molecular flexibility index (Phi) is 5.12. The molecule has 0 amide bonds. The molecule has 3 nitrogen and oxygen atoms in total. The quantitative estimate of drug-likeness (QED) is 0.415. The third-order valence-electron chi connectivity index (χ3n) is 2.71. The van der Waals surface area contributed by atoms with Gasteiger partial charge in [0.2, 0.25) is 0 Å². The fourth-order valence-corrected chi connectivity index (χ4v) is 1.86. The van der Waals surface area contributed by atoms with Crippen molar-refractivity contribution in [1.82, 2.24) is 5.32 Å². The molecule has 0 bridgehead atoms. The van der Waals surface area contributed by atoms with Gasteiger partial charge in [0, 0.05) is 18.8 Å². The summed E-state index contributed by atoms with van der Waals surface area (Å²) in [6.45, 7) is 0.957. The Morgan fingerprint density at radius 1 is 1.50 bits per heavy atom. The minimum absolute atomic E-state index is 0.307. The van der Waals surface area contributed by atoms with Crippen LogP contribution in [0.3, 0.4) is 0 Å². The van der Waals surface area contributed by atoms with Crippen molar-refractivity contribution in [2.24, 2.45) is 5.92 Å². The first-order valence-corrected chi connectivity index (χ1v) is 5.31. The number of carbonyl (C=O) groups is 1. The van der Waals surface area contributed by atoms with E-state index in [-0.39, 0.29) is 5.97 Å². The second kappa shape index (κ2) is 6.46. The van der Waals surface area contributed by atoms with Crippen molar-refractivity contribution in [3.05, 3.63) is 12.3 Å². The van der Waals surface area contributed by atoms with Gasteiger partial charge < -0.3 is 10.1 Å². The van der Waals surface area contributed by atoms with Gasteiger partial charge in [-0.25, -0.2) is 4.79 Å². The standard InChI is InChI=1S/C11H19NO2/c1-14-11(13)7-9-12-8-6-10-4-2-3-5-10/h7,9-10,12H,2-6,8H2,1H3/b9-7+. The summed E-state index contributed by atoms with van der Waals surface area (Å²) in [5.74, 6) is 0.590. The molecular weight excluding hydrogens is 178 g/mol. The Labute approximate surface area is 85.5 Å². The molecule has 0 spiro atoms. The number of hydrogen-bond donors (Lipinski definition) is 1. The van der Waals surface area contributed by atoms with Gasteiger partial charge in [-0.05, 0) is 12.3 Å². The van der Waals surface area contributed by atoms with E-state index in [0.717, 1.165) is 12.5 Å². The molecule has 1 fully saturated rings. The maximum atomic E-state index is 10.7. The summed E-state index contributed by atoms with van der Waals surface area (Å²) in [4.78, 5) is 10.7. The first-order valence-electron chi connectivity index (χ1n) is 5.31. The number of carbonyl (C=O) groups excluding carboxylic acids is 1. The fourth-order valence-electron chi connectivity index (χ4n) is 1.86. The molecule has 0 aromatic carbocycles. The monoisotopic (exact) mass is 197 g/mol. The number of nitrogens with one attached hydrogen (secondary N) is 1. The van der Waals surface area contributed by atoms with Crippen molar-refractivity contribution in [1.29, 1.82) is 0 Å². The van der Waals surface area contributed by atoms with Crippen LogP contribution in [-0.4, -0.2) is 19.6 Å². The highest BCUT2D eigenvalue weighted by Crippen LogP contribution is 2.26. The van der Waals surface area contributed by atoms with Crippen LogP contribution in [-0.2, 0) is 9.53 Å². The minimum atomic E-state index is -0.307. The van der Waals surface area contributed by atoms with Crippen molar-refractivity contribution >= 4 is 5.97 Å². The van der Waals surface area contributed by atoms with Crippen molar-refractivity contribution in [3.63, 3.8) is 0 Å². The number of ether oxygens (including phenoxy) is 1. The normalized spacial score (nSPS) is 17.5. The molecule has 14 heavy (non-hydrogen) atoms. The zero-order chi connectivity index (χ0) is 10.2. The fraction of sp³-hybridized carbons (Fsp3) is 0.727. The Morgan fingerprint density at radius 2 is 2.21 bits per heavy atom. The van der Waals surface area contributed by atoms with Crippen molar-refractivity contribution in [3.8, 4) is 0 Å². The minimum Gasteiger partial charge on any atom is -0.466 e. The van der Waals surface area contributed by atoms with E-state index in [4.69, 9.17) is 0 Å². The lowest BCUT2D eigenvalue weighted by Crippen LogP contribution is -2.11. The number of hydrogen-bond acceptors (Lipinski definition) is 3. The Morgan fingerprint density at radius 3 is 2.86 bits per heavy atom. The predicted molar refractivity (Wildman–Crippen MR) is 55.7 cm³/mol. The highest BCUT2D eigenvalue weighted by atomic mass is 16.5. The highest BCUT2D eigenvalue weighted by Gasteiger charge is 2.13. The van der Waals surface area contributed by atoms with Gasteiger partial charge >= 0.3 is 5.97 Å². The molecule has 1 saturated carbocycles. The van der Waals surface area contributed by atoms with Crippen molar-refractivity contribution in [2.75, 3.05) is 13.7 Å². The number of rotatable bonds is 5. The maximum absolute atomic E-state index is 10.7. The SMILES string of the molecule is COC(=O)/C=C/NCCC1CCCC1. The van der Waals surface area contributed by atoms with Crippen LogP contribution in [0.5, 0.6) is 0 Å². The molecule has 0 saturated heterocycles. The van der Waals surface area contributed by atoms with Crippen LogP contribution in [0.1, 0.15) is 32.1 Å². The molecule has 1 rings (SSSR count). The van der Waals surface area contributed by atoms with Crippen LogP contribution in [0, 0.1) is 5.92 Å². The summed E-state index contributed by atoms with van der Waals surface area (Å²) in [6.07, 6.45) is 9.83. The molecule has 0 unspecified atom stereocenters. The molecule has 3 heteroatoms. The van der Waals surface area contributed by atoms with Crippen LogP contribution < -0.4 is 5.32 Å². The molecule has 0 heterocycles. The Hall–Kier alpha value is -0.990. The van der Waals surface area contributed by atoms with Crippen LogP contribution >= 0.6 is 0 Å². The van der Waals surface area contributed by atoms with E-state index < -0.39 is 0 Å². The summed E-state index contributed by atoms with van der Waals surface area (Å²) >= 11 is 0. The van der Waals surface area contributed by atoms with E-state index >= 15 is 0 Å². The van der Waals surface area contributed by atoms with E-state index in [1.54, 1.807) is 6.20 Å². The molecule has 0 aromatic rings. The molecule has 1 aliphatic rings. The largest absolute Gasteiger partial charge is 0.466 e. The van der Waals surface area contributed by atoms with Crippen molar-refractivity contribution in [2.45, 2.75) is 32.1 Å². The second-order valence-electron chi connectivity index (χ2n) is 3.75. The summed E-state index contributed by atoms with van der Waals surface area (Å²) in [7, 11) is 1.38. The van der Waals surface area contributed by atoms with Gasteiger partial charge in [0.15, 0.2) is 0 Å². The van der Waals surface area contributed by atoms with Crippen LogP contribution in [0.15, 0.2) is 12.3 Å². The average molecular weight is 197 g/mol. The molecule has 1 N–H and O–H groups in total. The lowest BCUT2D eigenvalue weighted by Gasteiger charge is -2.07. The molecule has 0 atom stereocenters. The van der Waals surface area contributed by atoms with E-state index in [2.05, 4.69) is 10.1 Å². The maximum Gasteiger partial charge on any atom is 0.331 e. The van der Waals surface area contributed by atoms with Crippen LogP contribution in [0.4, 0.5) is 0 Å². The van der Waals surface area contributed by atoms with Gasteiger partial charge in [-0.2, -0.15) is 0 Å². The average Bonchev–Trinajstić information content (AvgIpc) is 2.69. The van der Waals surface area contributed by atoms with E-state index in [1.807, 2.05) is 0 Å². The van der Waals surface area contributed by atoms with Crippen LogP contribution in [0.2, 0.25) is 0 Å². The van der Waals surface area contributed by atoms with Gasteiger partial charge in [0.05, 0.1) is 7.11 Å². The first-order chi connectivity index (χ1) is 6.83. The van der Waals surface area contributed by atoms with E-state index in [9.17, 15) is 4.79 Å². The second-order valence-corrected chi connectivity index (χ2v) is 3.75. The Balaban J connectivity index is 1.98. The van der Waals surface area contributed by atoms with Gasteiger partial charge in [0.25, 0.3) is 0 Å².